The molecular formula is C16H25N3. The molecule has 0 amide bonds. The Kier molecular flexibility index (Phi) is 5.37. The smallest absolute Gasteiger partial charge is 0.156 e. The first kappa shape index (κ1) is 14.0. The number of aryl methyl sites for hydroxylation is 2. The molecule has 3 nitrogen and oxygen atoms in total. The maximum absolute atomic E-state index is 4.70. The average Bonchev–Trinajstić information content (AvgIpc) is 2.81. The molecule has 0 spiro atoms. The summed E-state index contributed by atoms with van der Waals surface area (Å²) in [6.45, 7) is 4.46. The fourth-order valence-corrected chi connectivity index (χ4v) is 2.37. The van der Waals surface area contributed by atoms with Gasteiger partial charge in [-0.1, -0.05) is 39.5 Å². The Bertz CT molecular complexity index is 494. The van der Waals surface area contributed by atoms with Crippen LogP contribution in [0.5, 0.6) is 0 Å². The van der Waals surface area contributed by atoms with E-state index in [9.17, 15) is 0 Å². The molecule has 2 heterocycles. The molecule has 0 bridgehead atoms. The van der Waals surface area contributed by atoms with Gasteiger partial charge < -0.3 is 4.98 Å². The van der Waals surface area contributed by atoms with Crippen LogP contribution in [0.2, 0.25) is 0 Å². The van der Waals surface area contributed by atoms with Crippen molar-refractivity contribution in [2.45, 2.75) is 65.2 Å². The highest BCUT2D eigenvalue weighted by Crippen LogP contribution is 2.14. The lowest BCUT2D eigenvalue weighted by Crippen LogP contribution is -1.92. The molecule has 0 aliphatic carbocycles. The van der Waals surface area contributed by atoms with Crippen LogP contribution in [0.25, 0.3) is 11.2 Å². The van der Waals surface area contributed by atoms with Crippen molar-refractivity contribution in [3.05, 3.63) is 23.7 Å². The summed E-state index contributed by atoms with van der Waals surface area (Å²) in [5.41, 5.74) is 4.36. The molecule has 0 saturated heterocycles. The zero-order valence-corrected chi connectivity index (χ0v) is 12.2. The summed E-state index contributed by atoms with van der Waals surface area (Å²) in [5, 5.41) is 0. The standard InChI is InChI=1S/C16H25N3/c1-3-5-7-9-13-11-15-16(19-13)17-12-14(18-15)10-8-6-4-2/h11-12H,3-10H2,1-2H3,(H,17,19). The first-order valence-corrected chi connectivity index (χ1v) is 7.67. The maximum atomic E-state index is 4.70. The van der Waals surface area contributed by atoms with Gasteiger partial charge in [0.05, 0.1) is 11.9 Å². The van der Waals surface area contributed by atoms with Crippen LogP contribution in [-0.4, -0.2) is 15.0 Å². The van der Waals surface area contributed by atoms with Crippen molar-refractivity contribution in [3.63, 3.8) is 0 Å². The molecule has 0 unspecified atom stereocenters. The van der Waals surface area contributed by atoms with Crippen LogP contribution in [0.3, 0.4) is 0 Å². The van der Waals surface area contributed by atoms with E-state index in [4.69, 9.17) is 4.98 Å². The number of aromatic amines is 1. The fraction of sp³-hybridized carbons (Fsp3) is 0.625. The number of fused-ring (bicyclic) bond motifs is 1. The van der Waals surface area contributed by atoms with Gasteiger partial charge in [-0.3, -0.25) is 0 Å². The molecule has 0 aromatic carbocycles. The van der Waals surface area contributed by atoms with E-state index < -0.39 is 0 Å². The fourth-order valence-electron chi connectivity index (χ4n) is 2.37. The van der Waals surface area contributed by atoms with Gasteiger partial charge in [0.1, 0.15) is 5.52 Å². The molecule has 2 aromatic heterocycles. The summed E-state index contributed by atoms with van der Waals surface area (Å²) in [7, 11) is 0. The normalized spacial score (nSPS) is 11.3. The van der Waals surface area contributed by atoms with Gasteiger partial charge >= 0.3 is 0 Å². The number of aromatic nitrogens is 3. The third-order valence-electron chi connectivity index (χ3n) is 3.53. The van der Waals surface area contributed by atoms with Crippen molar-refractivity contribution >= 4 is 11.2 Å². The average molecular weight is 259 g/mol. The molecule has 0 aliphatic rings. The highest BCUT2D eigenvalue weighted by atomic mass is 14.9. The Hall–Kier alpha value is -1.38. The van der Waals surface area contributed by atoms with Crippen molar-refractivity contribution in [1.82, 2.24) is 15.0 Å². The van der Waals surface area contributed by atoms with Crippen molar-refractivity contribution in [1.29, 1.82) is 0 Å². The largest absolute Gasteiger partial charge is 0.342 e. The molecule has 0 saturated carbocycles. The molecule has 19 heavy (non-hydrogen) atoms. The lowest BCUT2D eigenvalue weighted by molar-refractivity contribution is 0.707. The summed E-state index contributed by atoms with van der Waals surface area (Å²) in [4.78, 5) is 12.6. The molecule has 0 atom stereocenters. The summed E-state index contributed by atoms with van der Waals surface area (Å²) in [6.07, 6.45) is 11.6. The number of hydrogen-bond acceptors (Lipinski definition) is 2. The molecular weight excluding hydrogens is 234 g/mol. The van der Waals surface area contributed by atoms with Crippen molar-refractivity contribution in [2.24, 2.45) is 0 Å². The van der Waals surface area contributed by atoms with Crippen molar-refractivity contribution in [3.8, 4) is 0 Å². The number of H-pyrrole nitrogens is 1. The minimum absolute atomic E-state index is 0.936. The third kappa shape index (κ3) is 4.05. The quantitative estimate of drug-likeness (QED) is 0.713. The Labute approximate surface area is 115 Å². The van der Waals surface area contributed by atoms with E-state index in [1.54, 1.807) is 0 Å². The van der Waals surface area contributed by atoms with Gasteiger partial charge in [0.15, 0.2) is 5.65 Å². The van der Waals surface area contributed by atoms with E-state index in [0.29, 0.717) is 0 Å². The maximum Gasteiger partial charge on any atom is 0.156 e. The molecule has 2 aromatic rings. The number of rotatable bonds is 8. The Balaban J connectivity index is 2.01. The Morgan fingerprint density at radius 2 is 1.74 bits per heavy atom. The van der Waals surface area contributed by atoms with Gasteiger partial charge in [0.25, 0.3) is 0 Å². The van der Waals surface area contributed by atoms with Crippen LogP contribution in [0.1, 0.15) is 63.8 Å². The highest BCUT2D eigenvalue weighted by Gasteiger charge is 2.04. The number of nitrogens with zero attached hydrogens (tertiary/aromatic N) is 2. The SMILES string of the molecule is CCCCCc1cnc2[nH]c(CCCCC)cc2n1. The van der Waals surface area contributed by atoms with Gasteiger partial charge in [-0.15, -0.1) is 0 Å². The van der Waals surface area contributed by atoms with Crippen LogP contribution in [0.15, 0.2) is 12.3 Å². The molecule has 2 rings (SSSR count). The zero-order chi connectivity index (χ0) is 13.5. The molecule has 3 heteroatoms. The second-order valence-corrected chi connectivity index (χ2v) is 5.30. The monoisotopic (exact) mass is 259 g/mol. The summed E-state index contributed by atoms with van der Waals surface area (Å²) < 4.78 is 0. The van der Waals surface area contributed by atoms with Gasteiger partial charge in [0, 0.05) is 5.69 Å². The summed E-state index contributed by atoms with van der Waals surface area (Å²) >= 11 is 0. The predicted octanol–water partition coefficient (Wildman–Crippen LogP) is 4.42. The molecule has 0 radical (unpaired) electrons. The van der Waals surface area contributed by atoms with E-state index in [0.717, 1.165) is 29.7 Å². The van der Waals surface area contributed by atoms with E-state index in [-0.39, 0.29) is 0 Å². The summed E-state index contributed by atoms with van der Waals surface area (Å²) in [5.74, 6) is 0. The molecule has 1 N–H and O–H groups in total. The van der Waals surface area contributed by atoms with Crippen molar-refractivity contribution < 1.29 is 0 Å². The highest BCUT2D eigenvalue weighted by molar-refractivity contribution is 5.71. The number of hydrogen-bond donors (Lipinski definition) is 1. The first-order chi connectivity index (χ1) is 9.33. The minimum Gasteiger partial charge on any atom is -0.342 e. The molecule has 0 fully saturated rings. The topological polar surface area (TPSA) is 41.6 Å². The van der Waals surface area contributed by atoms with Crippen LogP contribution in [0.4, 0.5) is 0 Å². The van der Waals surface area contributed by atoms with Gasteiger partial charge in [-0.05, 0) is 31.7 Å². The van der Waals surface area contributed by atoms with E-state index in [1.807, 2.05) is 6.20 Å². The molecule has 0 aliphatic heterocycles. The van der Waals surface area contributed by atoms with Gasteiger partial charge in [-0.25, -0.2) is 9.97 Å². The van der Waals surface area contributed by atoms with Crippen LogP contribution >= 0.6 is 0 Å². The van der Waals surface area contributed by atoms with Crippen LogP contribution < -0.4 is 0 Å². The second-order valence-electron chi connectivity index (χ2n) is 5.30. The first-order valence-electron chi connectivity index (χ1n) is 7.67. The van der Waals surface area contributed by atoms with E-state index in [1.165, 1.54) is 44.2 Å². The van der Waals surface area contributed by atoms with Gasteiger partial charge in [0.2, 0.25) is 0 Å². The van der Waals surface area contributed by atoms with E-state index >= 15 is 0 Å². The number of unbranched alkanes of at least 4 members (excludes halogenated alkanes) is 4. The lowest BCUT2D eigenvalue weighted by Gasteiger charge is -1.98. The van der Waals surface area contributed by atoms with Crippen LogP contribution in [0, 0.1) is 0 Å². The molecule has 104 valence electrons. The predicted molar refractivity (Wildman–Crippen MR) is 80.3 cm³/mol. The van der Waals surface area contributed by atoms with Gasteiger partial charge in [-0.2, -0.15) is 0 Å². The van der Waals surface area contributed by atoms with E-state index in [2.05, 4.69) is 29.9 Å². The number of nitrogens with one attached hydrogen (secondary N) is 1. The third-order valence-corrected chi connectivity index (χ3v) is 3.53. The second kappa shape index (κ2) is 7.27. The van der Waals surface area contributed by atoms with Crippen LogP contribution in [-0.2, 0) is 12.8 Å². The lowest BCUT2D eigenvalue weighted by atomic mass is 10.1. The zero-order valence-electron chi connectivity index (χ0n) is 12.2. The Morgan fingerprint density at radius 3 is 2.47 bits per heavy atom. The van der Waals surface area contributed by atoms with Crippen molar-refractivity contribution in [2.75, 3.05) is 0 Å². The summed E-state index contributed by atoms with van der Waals surface area (Å²) in [6, 6.07) is 2.17. The Morgan fingerprint density at radius 1 is 1.00 bits per heavy atom. The minimum atomic E-state index is 0.936.